The Kier molecular flexibility index (Phi) is 3.68. The molecule has 0 saturated carbocycles. The number of fused-ring (bicyclic) bond motifs is 1. The Morgan fingerprint density at radius 3 is 2.67 bits per heavy atom. The van der Waals surface area contributed by atoms with Crippen LogP contribution in [0, 0.1) is 6.57 Å². The molecule has 1 atom stereocenters. The third-order valence-corrected chi connectivity index (χ3v) is 4.55. The summed E-state index contributed by atoms with van der Waals surface area (Å²) in [4.78, 5) is 10.6. The predicted octanol–water partition coefficient (Wildman–Crippen LogP) is 3.17. The second kappa shape index (κ2) is 5.99. The van der Waals surface area contributed by atoms with Gasteiger partial charge < -0.3 is 15.2 Å². The van der Waals surface area contributed by atoms with E-state index < -0.39 is 0 Å². The topological polar surface area (TPSA) is 51.4 Å². The Morgan fingerprint density at radius 2 is 1.96 bits per heavy atom. The Hall–Kier alpha value is -2.84. The van der Waals surface area contributed by atoms with E-state index in [-0.39, 0.29) is 6.04 Å². The summed E-state index contributed by atoms with van der Waals surface area (Å²) in [5.41, 5.74) is 10.0. The van der Waals surface area contributed by atoms with Gasteiger partial charge in [0.25, 0.3) is 0 Å². The van der Waals surface area contributed by atoms with Gasteiger partial charge in [0.1, 0.15) is 0 Å². The van der Waals surface area contributed by atoms with Crippen LogP contribution in [0.3, 0.4) is 0 Å². The van der Waals surface area contributed by atoms with Gasteiger partial charge in [-0.2, -0.15) is 0 Å². The number of nitrogens with zero attached hydrogens (tertiary/aromatic N) is 4. The molecule has 120 valence electrons. The van der Waals surface area contributed by atoms with E-state index in [0.717, 1.165) is 48.6 Å². The van der Waals surface area contributed by atoms with Gasteiger partial charge in [-0.1, -0.05) is 36.4 Å². The lowest BCUT2D eigenvalue weighted by Crippen LogP contribution is -2.28. The first-order chi connectivity index (χ1) is 11.7. The maximum Gasteiger partial charge on any atom is 0.206 e. The molecule has 4 rings (SSSR count). The molecule has 0 unspecified atom stereocenters. The number of aromatic nitrogens is 2. The zero-order valence-corrected chi connectivity index (χ0v) is 13.4. The minimum atomic E-state index is 0.219. The van der Waals surface area contributed by atoms with Gasteiger partial charge >= 0.3 is 0 Å². The lowest BCUT2D eigenvalue weighted by atomic mass is 10.2. The first-order valence-corrected chi connectivity index (χ1v) is 8.17. The lowest BCUT2D eigenvalue weighted by Gasteiger charge is -2.19. The second-order valence-corrected chi connectivity index (χ2v) is 6.26. The molecule has 2 N–H and O–H groups in total. The van der Waals surface area contributed by atoms with Crippen LogP contribution in [0.15, 0.2) is 48.5 Å². The van der Waals surface area contributed by atoms with Crippen molar-refractivity contribution in [3.63, 3.8) is 0 Å². The van der Waals surface area contributed by atoms with Gasteiger partial charge in [0.15, 0.2) is 5.69 Å². The van der Waals surface area contributed by atoms with Crippen LogP contribution in [0.5, 0.6) is 0 Å². The molecule has 5 heteroatoms. The zero-order chi connectivity index (χ0) is 16.5. The summed E-state index contributed by atoms with van der Waals surface area (Å²) in [7, 11) is 0. The summed E-state index contributed by atoms with van der Waals surface area (Å²) in [6.07, 6.45) is 1.00. The van der Waals surface area contributed by atoms with Gasteiger partial charge in [0.2, 0.25) is 5.95 Å². The SMILES string of the molecule is [C-]#[N+]c1ccc(Cn2c(N3CC[C@H](N)C3)nc3ccccc32)cc1. The summed E-state index contributed by atoms with van der Waals surface area (Å²) < 4.78 is 2.25. The van der Waals surface area contributed by atoms with E-state index in [1.165, 1.54) is 0 Å². The molecular weight excluding hydrogens is 298 g/mol. The molecule has 0 bridgehead atoms. The fourth-order valence-electron chi connectivity index (χ4n) is 3.29. The number of para-hydroxylation sites is 2. The summed E-state index contributed by atoms with van der Waals surface area (Å²) in [5.74, 6) is 0.985. The van der Waals surface area contributed by atoms with Crippen LogP contribution in [-0.2, 0) is 6.54 Å². The molecule has 0 aliphatic carbocycles. The van der Waals surface area contributed by atoms with E-state index in [0.29, 0.717) is 5.69 Å². The van der Waals surface area contributed by atoms with Crippen molar-refractivity contribution in [1.29, 1.82) is 0 Å². The molecule has 3 aromatic rings. The Labute approximate surface area is 141 Å². The number of benzene rings is 2. The molecule has 1 aliphatic rings. The number of hydrogen-bond acceptors (Lipinski definition) is 3. The largest absolute Gasteiger partial charge is 0.341 e. The van der Waals surface area contributed by atoms with Crippen molar-refractivity contribution in [3.8, 4) is 0 Å². The average Bonchev–Trinajstić information content (AvgIpc) is 3.20. The van der Waals surface area contributed by atoms with Crippen LogP contribution in [-0.4, -0.2) is 28.7 Å². The van der Waals surface area contributed by atoms with Gasteiger partial charge in [-0.3, -0.25) is 0 Å². The molecule has 1 fully saturated rings. The molecule has 1 saturated heterocycles. The maximum atomic E-state index is 7.08. The first kappa shape index (κ1) is 14.7. The highest BCUT2D eigenvalue weighted by atomic mass is 15.3. The van der Waals surface area contributed by atoms with E-state index in [1.807, 2.05) is 42.5 Å². The van der Waals surface area contributed by atoms with Crippen LogP contribution in [0.4, 0.5) is 11.6 Å². The van der Waals surface area contributed by atoms with Gasteiger partial charge in [0, 0.05) is 19.1 Å². The minimum absolute atomic E-state index is 0.219. The lowest BCUT2D eigenvalue weighted by molar-refractivity contribution is 0.740. The van der Waals surface area contributed by atoms with Crippen LogP contribution in [0.25, 0.3) is 15.9 Å². The number of imidazole rings is 1. The van der Waals surface area contributed by atoms with Gasteiger partial charge in [0.05, 0.1) is 24.2 Å². The molecule has 0 spiro atoms. The zero-order valence-electron chi connectivity index (χ0n) is 13.4. The molecule has 5 nitrogen and oxygen atoms in total. The van der Waals surface area contributed by atoms with Crippen LogP contribution in [0.2, 0.25) is 0 Å². The van der Waals surface area contributed by atoms with E-state index >= 15 is 0 Å². The fraction of sp³-hybridized carbons (Fsp3) is 0.263. The Balaban J connectivity index is 1.75. The molecule has 0 radical (unpaired) electrons. The highest BCUT2D eigenvalue weighted by Crippen LogP contribution is 2.26. The molecular formula is C19H19N5. The highest BCUT2D eigenvalue weighted by molar-refractivity contribution is 5.79. The number of anilines is 1. The van der Waals surface area contributed by atoms with E-state index in [1.54, 1.807) is 0 Å². The van der Waals surface area contributed by atoms with Crippen molar-refractivity contribution in [1.82, 2.24) is 9.55 Å². The summed E-state index contributed by atoms with van der Waals surface area (Å²) in [6, 6.07) is 16.2. The Bertz CT molecular complexity index is 904. The number of rotatable bonds is 3. The van der Waals surface area contributed by atoms with Gasteiger partial charge in [-0.15, -0.1) is 0 Å². The summed E-state index contributed by atoms with van der Waals surface area (Å²) >= 11 is 0. The van der Waals surface area contributed by atoms with E-state index in [9.17, 15) is 0 Å². The van der Waals surface area contributed by atoms with Crippen LogP contribution in [0.1, 0.15) is 12.0 Å². The van der Waals surface area contributed by atoms with Crippen molar-refractivity contribution in [3.05, 3.63) is 65.5 Å². The van der Waals surface area contributed by atoms with Crippen LogP contribution < -0.4 is 10.6 Å². The minimum Gasteiger partial charge on any atom is -0.341 e. The van der Waals surface area contributed by atoms with E-state index in [2.05, 4.69) is 20.4 Å². The summed E-state index contributed by atoms with van der Waals surface area (Å²) in [5, 5.41) is 0. The number of nitrogens with two attached hydrogens (primary N) is 1. The third kappa shape index (κ3) is 2.61. The predicted molar refractivity (Wildman–Crippen MR) is 96.3 cm³/mol. The molecule has 2 aromatic carbocycles. The first-order valence-electron chi connectivity index (χ1n) is 8.17. The summed E-state index contributed by atoms with van der Waals surface area (Å²) in [6.45, 7) is 9.60. The normalized spacial score (nSPS) is 17.3. The average molecular weight is 317 g/mol. The highest BCUT2D eigenvalue weighted by Gasteiger charge is 2.24. The molecule has 2 heterocycles. The fourth-order valence-corrected chi connectivity index (χ4v) is 3.29. The second-order valence-electron chi connectivity index (χ2n) is 6.26. The van der Waals surface area contributed by atoms with Gasteiger partial charge in [-0.05, 0) is 24.1 Å². The smallest absolute Gasteiger partial charge is 0.206 e. The quantitative estimate of drug-likeness (QED) is 0.755. The van der Waals surface area contributed by atoms with Gasteiger partial charge in [-0.25, -0.2) is 9.83 Å². The van der Waals surface area contributed by atoms with E-state index in [4.69, 9.17) is 17.3 Å². The van der Waals surface area contributed by atoms with Crippen molar-refractivity contribution in [2.75, 3.05) is 18.0 Å². The molecule has 1 aromatic heterocycles. The van der Waals surface area contributed by atoms with Crippen LogP contribution >= 0.6 is 0 Å². The Morgan fingerprint density at radius 1 is 1.17 bits per heavy atom. The van der Waals surface area contributed by atoms with Crippen molar-refractivity contribution >= 4 is 22.7 Å². The maximum absolute atomic E-state index is 7.08. The van der Waals surface area contributed by atoms with Crippen molar-refractivity contribution in [2.45, 2.75) is 19.0 Å². The van der Waals surface area contributed by atoms with Crippen molar-refractivity contribution in [2.24, 2.45) is 5.73 Å². The third-order valence-electron chi connectivity index (χ3n) is 4.55. The van der Waals surface area contributed by atoms with Crippen molar-refractivity contribution < 1.29 is 0 Å². The monoisotopic (exact) mass is 317 g/mol. The number of hydrogen-bond donors (Lipinski definition) is 1. The molecule has 1 aliphatic heterocycles. The molecule has 24 heavy (non-hydrogen) atoms. The standard InChI is InChI=1S/C19H19N5/c1-21-16-8-6-14(7-9-16)12-24-18-5-3-2-4-17(18)22-19(24)23-11-10-15(20)13-23/h2-9,15H,10-13,20H2/t15-/m0/s1. The molecule has 0 amide bonds.